The van der Waals surface area contributed by atoms with Crippen LogP contribution in [-0.4, -0.2) is 54.2 Å². The van der Waals surface area contributed by atoms with Crippen molar-refractivity contribution < 1.29 is 17.6 Å². The minimum absolute atomic E-state index is 0. The molecule has 1 unspecified atom stereocenters. The number of alkyl halides is 3. The number of nitrogens with zero attached hydrogens (tertiary/aromatic N) is 3. The standard InChI is InChI=1S/C19H24F3N5O.HI/c1-2-23-18(26-15-8-9-27(11-15)13-19(20,21)22)24-10-16-12-28-17(25-16)14-6-4-3-5-7-14;/h3-7,12,15H,2,8-11,13H2,1H3,(H2,23,24,26);1H. The van der Waals surface area contributed by atoms with E-state index in [1.165, 1.54) is 4.90 Å². The van der Waals surface area contributed by atoms with Crippen molar-refractivity contribution in [1.29, 1.82) is 0 Å². The van der Waals surface area contributed by atoms with E-state index in [1.54, 1.807) is 6.26 Å². The van der Waals surface area contributed by atoms with Crippen LogP contribution in [0.5, 0.6) is 0 Å². The van der Waals surface area contributed by atoms with E-state index in [0.29, 0.717) is 50.1 Å². The lowest BCUT2D eigenvalue weighted by molar-refractivity contribution is -0.143. The number of oxazole rings is 1. The molecule has 0 aliphatic carbocycles. The first-order valence-electron chi connectivity index (χ1n) is 9.26. The fourth-order valence-electron chi connectivity index (χ4n) is 3.11. The lowest BCUT2D eigenvalue weighted by Gasteiger charge is -2.19. The maximum absolute atomic E-state index is 12.5. The highest BCUT2D eigenvalue weighted by molar-refractivity contribution is 14.0. The minimum atomic E-state index is -4.17. The van der Waals surface area contributed by atoms with Crippen molar-refractivity contribution >= 4 is 29.9 Å². The van der Waals surface area contributed by atoms with E-state index in [-0.39, 0.29) is 30.0 Å². The molecule has 0 amide bonds. The molecule has 1 aliphatic rings. The predicted octanol–water partition coefficient (Wildman–Crippen LogP) is 3.65. The van der Waals surface area contributed by atoms with Gasteiger partial charge in [-0.05, 0) is 25.5 Å². The van der Waals surface area contributed by atoms with Gasteiger partial charge in [-0.25, -0.2) is 9.98 Å². The Hall–Kier alpha value is -1.82. The molecule has 29 heavy (non-hydrogen) atoms. The number of hydrogen-bond acceptors (Lipinski definition) is 4. The lowest BCUT2D eigenvalue weighted by Crippen LogP contribution is -2.45. The van der Waals surface area contributed by atoms with Gasteiger partial charge in [0.25, 0.3) is 0 Å². The van der Waals surface area contributed by atoms with Crippen LogP contribution in [0.2, 0.25) is 0 Å². The van der Waals surface area contributed by atoms with E-state index in [2.05, 4.69) is 20.6 Å². The molecule has 2 heterocycles. The number of aliphatic imine (C=N–C) groups is 1. The van der Waals surface area contributed by atoms with Crippen molar-refractivity contribution in [3.63, 3.8) is 0 Å². The second-order valence-corrected chi connectivity index (χ2v) is 6.69. The van der Waals surface area contributed by atoms with Crippen LogP contribution in [0.1, 0.15) is 19.0 Å². The van der Waals surface area contributed by atoms with Gasteiger partial charge in [0.2, 0.25) is 5.89 Å². The summed E-state index contributed by atoms with van der Waals surface area (Å²) in [5.74, 6) is 1.09. The molecule has 10 heteroatoms. The highest BCUT2D eigenvalue weighted by atomic mass is 127. The first kappa shape index (κ1) is 23.5. The summed E-state index contributed by atoms with van der Waals surface area (Å²) in [6, 6.07) is 9.50. The summed E-state index contributed by atoms with van der Waals surface area (Å²) in [6.07, 6.45) is -1.96. The molecule has 0 bridgehead atoms. The van der Waals surface area contributed by atoms with Crippen molar-refractivity contribution in [1.82, 2.24) is 20.5 Å². The Morgan fingerprint density at radius 3 is 2.76 bits per heavy atom. The van der Waals surface area contributed by atoms with Crippen molar-refractivity contribution in [2.75, 3.05) is 26.2 Å². The van der Waals surface area contributed by atoms with Crippen LogP contribution in [0.25, 0.3) is 11.5 Å². The normalized spacial score (nSPS) is 17.8. The number of nitrogens with one attached hydrogen (secondary N) is 2. The molecule has 2 aromatic rings. The Bertz CT molecular complexity index is 782. The quantitative estimate of drug-likeness (QED) is 0.344. The highest BCUT2D eigenvalue weighted by Crippen LogP contribution is 2.20. The molecule has 1 aliphatic heterocycles. The molecule has 2 N–H and O–H groups in total. The van der Waals surface area contributed by atoms with Crippen molar-refractivity contribution in [3.05, 3.63) is 42.3 Å². The van der Waals surface area contributed by atoms with Gasteiger partial charge in [-0.1, -0.05) is 18.2 Å². The summed E-state index contributed by atoms with van der Waals surface area (Å²) in [5.41, 5.74) is 1.57. The Labute approximate surface area is 185 Å². The average molecular weight is 523 g/mol. The van der Waals surface area contributed by atoms with Gasteiger partial charge in [0.1, 0.15) is 12.0 Å². The largest absolute Gasteiger partial charge is 0.444 e. The van der Waals surface area contributed by atoms with Gasteiger partial charge in [-0.3, -0.25) is 4.90 Å². The molecular formula is C19H25F3IN5O. The van der Waals surface area contributed by atoms with E-state index in [9.17, 15) is 13.2 Å². The topological polar surface area (TPSA) is 65.7 Å². The zero-order chi connectivity index (χ0) is 20.0. The molecule has 6 nitrogen and oxygen atoms in total. The Morgan fingerprint density at radius 2 is 2.07 bits per heavy atom. The molecule has 3 rings (SSSR count). The molecule has 1 aromatic carbocycles. The highest BCUT2D eigenvalue weighted by Gasteiger charge is 2.34. The zero-order valence-electron chi connectivity index (χ0n) is 16.1. The van der Waals surface area contributed by atoms with E-state index in [0.717, 1.165) is 5.56 Å². The Balaban J connectivity index is 0.00000300. The first-order chi connectivity index (χ1) is 13.4. The molecule has 0 radical (unpaired) electrons. The van der Waals surface area contributed by atoms with Crippen LogP contribution >= 0.6 is 24.0 Å². The molecule has 0 spiro atoms. The van der Waals surface area contributed by atoms with E-state index < -0.39 is 12.7 Å². The van der Waals surface area contributed by atoms with Crippen molar-refractivity contribution in [2.24, 2.45) is 4.99 Å². The summed E-state index contributed by atoms with van der Waals surface area (Å²) in [5, 5.41) is 6.33. The van der Waals surface area contributed by atoms with Gasteiger partial charge in [0.15, 0.2) is 5.96 Å². The summed E-state index contributed by atoms with van der Waals surface area (Å²) in [4.78, 5) is 10.3. The van der Waals surface area contributed by atoms with E-state index in [4.69, 9.17) is 4.42 Å². The third-order valence-electron chi connectivity index (χ3n) is 4.33. The Kier molecular flexibility index (Phi) is 8.75. The molecule has 160 valence electrons. The van der Waals surface area contributed by atoms with Crippen LogP contribution in [0, 0.1) is 0 Å². The summed E-state index contributed by atoms with van der Waals surface area (Å²) in [7, 11) is 0. The third kappa shape index (κ3) is 7.50. The third-order valence-corrected chi connectivity index (χ3v) is 4.33. The molecule has 0 saturated carbocycles. The number of rotatable bonds is 6. The van der Waals surface area contributed by atoms with E-state index >= 15 is 0 Å². The van der Waals surface area contributed by atoms with Crippen LogP contribution in [0.15, 0.2) is 46.0 Å². The summed E-state index contributed by atoms with van der Waals surface area (Å²) in [6.45, 7) is 2.78. The van der Waals surface area contributed by atoms with Gasteiger partial charge >= 0.3 is 6.18 Å². The smallest absolute Gasteiger partial charge is 0.401 e. The van der Waals surface area contributed by atoms with Crippen LogP contribution in [0.4, 0.5) is 13.2 Å². The number of likely N-dealkylation sites (tertiary alicyclic amines) is 1. The molecule has 1 atom stereocenters. The maximum Gasteiger partial charge on any atom is 0.401 e. The van der Waals surface area contributed by atoms with Gasteiger partial charge in [0, 0.05) is 31.2 Å². The fourth-order valence-corrected chi connectivity index (χ4v) is 3.11. The van der Waals surface area contributed by atoms with Crippen LogP contribution < -0.4 is 10.6 Å². The summed E-state index contributed by atoms with van der Waals surface area (Å²) < 4.78 is 43.1. The molecule has 1 fully saturated rings. The van der Waals surface area contributed by atoms with Gasteiger partial charge in [-0.15, -0.1) is 24.0 Å². The maximum atomic E-state index is 12.5. The fraction of sp³-hybridized carbons (Fsp3) is 0.474. The number of halogens is 4. The van der Waals surface area contributed by atoms with Crippen molar-refractivity contribution in [2.45, 2.75) is 32.1 Å². The predicted molar refractivity (Wildman–Crippen MR) is 116 cm³/mol. The number of hydrogen-bond donors (Lipinski definition) is 2. The SMILES string of the molecule is CCNC(=NCc1coc(-c2ccccc2)n1)NC1CCN(CC(F)(F)F)C1.I. The zero-order valence-corrected chi connectivity index (χ0v) is 18.4. The number of aromatic nitrogens is 1. The number of guanidine groups is 1. The second kappa shape index (κ2) is 10.8. The van der Waals surface area contributed by atoms with Gasteiger partial charge < -0.3 is 15.1 Å². The average Bonchev–Trinajstić information content (AvgIpc) is 3.29. The van der Waals surface area contributed by atoms with Gasteiger partial charge in [0.05, 0.1) is 13.1 Å². The van der Waals surface area contributed by atoms with Crippen LogP contribution in [-0.2, 0) is 6.54 Å². The summed E-state index contributed by atoms with van der Waals surface area (Å²) >= 11 is 0. The molecule has 1 aromatic heterocycles. The van der Waals surface area contributed by atoms with Gasteiger partial charge in [-0.2, -0.15) is 13.2 Å². The first-order valence-corrected chi connectivity index (χ1v) is 9.26. The molecule has 1 saturated heterocycles. The minimum Gasteiger partial charge on any atom is -0.444 e. The molecular weight excluding hydrogens is 498 g/mol. The van der Waals surface area contributed by atoms with Crippen LogP contribution in [0.3, 0.4) is 0 Å². The van der Waals surface area contributed by atoms with Crippen molar-refractivity contribution in [3.8, 4) is 11.5 Å². The Morgan fingerprint density at radius 1 is 1.31 bits per heavy atom. The lowest BCUT2D eigenvalue weighted by atomic mass is 10.2. The second-order valence-electron chi connectivity index (χ2n) is 6.69. The monoisotopic (exact) mass is 523 g/mol. The number of benzene rings is 1. The van der Waals surface area contributed by atoms with E-state index in [1.807, 2.05) is 37.3 Å².